The SMILES string of the molecule is COc1ccccc1NC(=O)[C@H](C)N[C@@H](C)c1cc(F)c(Cl)cc1Cl. The highest BCUT2D eigenvalue weighted by atomic mass is 35.5. The van der Waals surface area contributed by atoms with Crippen LogP contribution in [0, 0.1) is 5.82 Å². The maximum absolute atomic E-state index is 13.7. The number of hydrogen-bond acceptors (Lipinski definition) is 3. The first kappa shape index (κ1) is 19.5. The zero-order chi connectivity index (χ0) is 18.6. The molecule has 2 N–H and O–H groups in total. The van der Waals surface area contributed by atoms with E-state index in [1.165, 1.54) is 19.2 Å². The molecule has 0 aliphatic heterocycles. The second-order valence-electron chi connectivity index (χ2n) is 5.59. The van der Waals surface area contributed by atoms with Crippen LogP contribution < -0.4 is 15.4 Å². The standard InChI is InChI=1S/C18H19Cl2FN2O2/c1-10(12-8-15(21)14(20)9-13(12)19)22-11(2)18(24)23-16-6-4-5-7-17(16)25-3/h4-11,22H,1-3H3,(H,23,24)/t10-,11-/m0/s1. The van der Waals surface area contributed by atoms with Gasteiger partial charge >= 0.3 is 0 Å². The van der Waals surface area contributed by atoms with Crippen molar-refractivity contribution in [3.8, 4) is 5.75 Å². The van der Waals surface area contributed by atoms with Gasteiger partial charge in [0.2, 0.25) is 5.91 Å². The monoisotopic (exact) mass is 384 g/mol. The maximum Gasteiger partial charge on any atom is 0.241 e. The predicted octanol–water partition coefficient (Wildman–Crippen LogP) is 4.82. The molecular formula is C18H19Cl2FN2O2. The van der Waals surface area contributed by atoms with Crippen molar-refractivity contribution >= 4 is 34.8 Å². The largest absolute Gasteiger partial charge is 0.495 e. The average Bonchev–Trinajstić information content (AvgIpc) is 2.58. The Labute approximate surface area is 156 Å². The minimum atomic E-state index is -0.555. The van der Waals surface area contributed by atoms with Crippen molar-refractivity contribution in [3.05, 3.63) is 57.8 Å². The van der Waals surface area contributed by atoms with Crippen LogP contribution in [0.1, 0.15) is 25.5 Å². The van der Waals surface area contributed by atoms with E-state index < -0.39 is 11.9 Å². The Morgan fingerprint density at radius 3 is 2.52 bits per heavy atom. The third-order valence-electron chi connectivity index (χ3n) is 3.76. The maximum atomic E-state index is 13.7. The normalized spacial score (nSPS) is 13.2. The second-order valence-corrected chi connectivity index (χ2v) is 6.40. The van der Waals surface area contributed by atoms with E-state index in [0.29, 0.717) is 22.0 Å². The molecule has 0 bridgehead atoms. The first-order valence-corrected chi connectivity index (χ1v) is 8.43. The van der Waals surface area contributed by atoms with Crippen molar-refractivity contribution in [1.82, 2.24) is 5.32 Å². The van der Waals surface area contributed by atoms with Crippen LogP contribution in [0.5, 0.6) is 5.75 Å². The summed E-state index contributed by atoms with van der Waals surface area (Å²) in [6.07, 6.45) is 0. The number of para-hydroxylation sites is 2. The Morgan fingerprint density at radius 1 is 1.16 bits per heavy atom. The summed E-state index contributed by atoms with van der Waals surface area (Å²) in [5, 5.41) is 6.19. The summed E-state index contributed by atoms with van der Waals surface area (Å²) in [6.45, 7) is 3.50. The van der Waals surface area contributed by atoms with Gasteiger partial charge in [0.1, 0.15) is 11.6 Å². The van der Waals surface area contributed by atoms with Gasteiger partial charge < -0.3 is 10.1 Å². The van der Waals surface area contributed by atoms with Crippen molar-refractivity contribution in [3.63, 3.8) is 0 Å². The van der Waals surface area contributed by atoms with E-state index in [1.54, 1.807) is 32.0 Å². The average molecular weight is 385 g/mol. The number of methoxy groups -OCH3 is 1. The third-order valence-corrected chi connectivity index (χ3v) is 4.38. The van der Waals surface area contributed by atoms with Crippen LogP contribution in [0.3, 0.4) is 0 Å². The zero-order valence-electron chi connectivity index (χ0n) is 14.1. The number of nitrogens with one attached hydrogen (secondary N) is 2. The highest BCUT2D eigenvalue weighted by molar-refractivity contribution is 6.35. The first-order valence-electron chi connectivity index (χ1n) is 7.67. The van der Waals surface area contributed by atoms with Crippen molar-refractivity contribution in [2.24, 2.45) is 0 Å². The topological polar surface area (TPSA) is 50.4 Å². The predicted molar refractivity (Wildman–Crippen MR) is 99.1 cm³/mol. The molecule has 0 saturated carbocycles. The van der Waals surface area contributed by atoms with E-state index in [2.05, 4.69) is 10.6 Å². The molecule has 0 radical (unpaired) electrons. The van der Waals surface area contributed by atoms with Gasteiger partial charge in [0.15, 0.2) is 0 Å². The zero-order valence-corrected chi connectivity index (χ0v) is 15.6. The van der Waals surface area contributed by atoms with Crippen LogP contribution in [0.15, 0.2) is 36.4 Å². The van der Waals surface area contributed by atoms with Gasteiger partial charge in [-0.1, -0.05) is 35.3 Å². The summed E-state index contributed by atoms with van der Waals surface area (Å²) in [4.78, 5) is 12.4. The summed E-state index contributed by atoms with van der Waals surface area (Å²) in [5.41, 5.74) is 1.10. The van der Waals surface area contributed by atoms with Gasteiger partial charge in [-0.05, 0) is 43.7 Å². The highest BCUT2D eigenvalue weighted by Crippen LogP contribution is 2.29. The van der Waals surface area contributed by atoms with Gasteiger partial charge in [-0.25, -0.2) is 4.39 Å². The van der Waals surface area contributed by atoms with Crippen LogP contribution in [-0.4, -0.2) is 19.1 Å². The summed E-state index contributed by atoms with van der Waals surface area (Å²) >= 11 is 11.8. The lowest BCUT2D eigenvalue weighted by atomic mass is 10.1. The molecule has 7 heteroatoms. The van der Waals surface area contributed by atoms with E-state index in [-0.39, 0.29) is 17.0 Å². The molecule has 0 aliphatic rings. The minimum absolute atomic E-state index is 0.0390. The fraction of sp³-hybridized carbons (Fsp3) is 0.278. The quantitative estimate of drug-likeness (QED) is 0.701. The number of ether oxygens (including phenoxy) is 1. The summed E-state index contributed by atoms with van der Waals surface area (Å²) in [6, 6.07) is 8.85. The van der Waals surface area contributed by atoms with E-state index in [9.17, 15) is 9.18 Å². The Hall–Kier alpha value is -1.82. The number of hydrogen-bond donors (Lipinski definition) is 2. The number of halogens is 3. The fourth-order valence-corrected chi connectivity index (χ4v) is 2.95. The van der Waals surface area contributed by atoms with E-state index in [0.717, 1.165) is 0 Å². The smallest absolute Gasteiger partial charge is 0.241 e. The molecule has 0 heterocycles. The lowest BCUT2D eigenvalue weighted by Gasteiger charge is -2.21. The third kappa shape index (κ3) is 4.84. The number of carbonyl (C=O) groups excluding carboxylic acids is 1. The molecule has 0 aromatic heterocycles. The van der Waals surface area contributed by atoms with Gasteiger partial charge in [0, 0.05) is 11.1 Å². The molecule has 1 amide bonds. The Balaban J connectivity index is 2.07. The number of anilines is 1. The molecule has 2 rings (SSSR count). The van der Waals surface area contributed by atoms with Gasteiger partial charge in [-0.3, -0.25) is 10.1 Å². The van der Waals surface area contributed by atoms with Gasteiger partial charge in [0.25, 0.3) is 0 Å². The van der Waals surface area contributed by atoms with E-state index >= 15 is 0 Å². The number of rotatable bonds is 6. The summed E-state index contributed by atoms with van der Waals surface area (Å²) in [5.74, 6) is -0.235. The van der Waals surface area contributed by atoms with Crippen molar-refractivity contribution in [1.29, 1.82) is 0 Å². The molecule has 25 heavy (non-hydrogen) atoms. The highest BCUT2D eigenvalue weighted by Gasteiger charge is 2.20. The first-order chi connectivity index (χ1) is 11.8. The molecule has 0 fully saturated rings. The fourth-order valence-electron chi connectivity index (χ4n) is 2.40. The van der Waals surface area contributed by atoms with E-state index in [1.807, 2.05) is 6.07 Å². The van der Waals surface area contributed by atoms with Crippen molar-refractivity contribution in [2.45, 2.75) is 25.9 Å². The molecule has 4 nitrogen and oxygen atoms in total. The molecule has 2 atom stereocenters. The van der Waals surface area contributed by atoms with E-state index in [4.69, 9.17) is 27.9 Å². The van der Waals surface area contributed by atoms with Crippen molar-refractivity contribution < 1.29 is 13.9 Å². The number of carbonyl (C=O) groups is 1. The van der Waals surface area contributed by atoms with Crippen LogP contribution in [-0.2, 0) is 4.79 Å². The van der Waals surface area contributed by atoms with Crippen molar-refractivity contribution in [2.75, 3.05) is 12.4 Å². The molecule has 0 spiro atoms. The molecule has 134 valence electrons. The molecule has 0 saturated heterocycles. The lowest BCUT2D eigenvalue weighted by Crippen LogP contribution is -2.39. The molecule has 0 unspecified atom stereocenters. The molecule has 2 aromatic rings. The van der Waals surface area contributed by atoms with Crippen LogP contribution >= 0.6 is 23.2 Å². The van der Waals surface area contributed by atoms with Gasteiger partial charge in [-0.15, -0.1) is 0 Å². The lowest BCUT2D eigenvalue weighted by molar-refractivity contribution is -0.117. The van der Waals surface area contributed by atoms with Crippen LogP contribution in [0.25, 0.3) is 0 Å². The van der Waals surface area contributed by atoms with Crippen LogP contribution in [0.2, 0.25) is 10.0 Å². The summed E-state index contributed by atoms with van der Waals surface area (Å²) < 4.78 is 18.9. The van der Waals surface area contributed by atoms with Gasteiger partial charge in [0.05, 0.1) is 23.9 Å². The Kier molecular flexibility index (Phi) is 6.64. The Morgan fingerprint density at radius 2 is 1.84 bits per heavy atom. The van der Waals surface area contributed by atoms with Gasteiger partial charge in [-0.2, -0.15) is 0 Å². The molecule has 2 aromatic carbocycles. The van der Waals surface area contributed by atoms with Crippen LogP contribution in [0.4, 0.5) is 10.1 Å². The Bertz CT molecular complexity index is 771. The number of benzene rings is 2. The second kappa shape index (κ2) is 8.52. The number of amides is 1. The minimum Gasteiger partial charge on any atom is -0.495 e. The molecular weight excluding hydrogens is 366 g/mol. The summed E-state index contributed by atoms with van der Waals surface area (Å²) in [7, 11) is 1.53. The molecule has 0 aliphatic carbocycles.